The summed E-state index contributed by atoms with van der Waals surface area (Å²) >= 11 is 0. The Morgan fingerprint density at radius 1 is 1.47 bits per heavy atom. The summed E-state index contributed by atoms with van der Waals surface area (Å²) in [5.41, 5.74) is 0. The van der Waals surface area contributed by atoms with Gasteiger partial charge >= 0.3 is 12.0 Å². The first kappa shape index (κ1) is 15.4. The van der Waals surface area contributed by atoms with Crippen LogP contribution in [0.25, 0.3) is 0 Å². The highest BCUT2D eigenvalue weighted by atomic mass is 16.5. The SMILES string of the molecule is C=CCC(NC(=O)NC(CC)COC)C(=O)O. The lowest BCUT2D eigenvalue weighted by atomic mass is 10.2. The van der Waals surface area contributed by atoms with Crippen LogP contribution in [-0.4, -0.2) is 42.9 Å². The van der Waals surface area contributed by atoms with Crippen LogP contribution in [-0.2, 0) is 9.53 Å². The maximum absolute atomic E-state index is 11.5. The Morgan fingerprint density at radius 2 is 2.12 bits per heavy atom. The van der Waals surface area contributed by atoms with E-state index < -0.39 is 18.0 Å². The number of carbonyl (C=O) groups is 2. The third-order valence-corrected chi connectivity index (χ3v) is 2.20. The molecule has 98 valence electrons. The van der Waals surface area contributed by atoms with Gasteiger partial charge < -0.3 is 20.5 Å². The van der Waals surface area contributed by atoms with Crippen molar-refractivity contribution in [3.8, 4) is 0 Å². The quantitative estimate of drug-likeness (QED) is 0.549. The normalized spacial score (nSPS) is 13.5. The molecule has 0 heterocycles. The van der Waals surface area contributed by atoms with Gasteiger partial charge in [0.2, 0.25) is 0 Å². The van der Waals surface area contributed by atoms with Gasteiger partial charge in [0.05, 0.1) is 12.6 Å². The van der Waals surface area contributed by atoms with E-state index in [-0.39, 0.29) is 12.5 Å². The zero-order valence-electron chi connectivity index (χ0n) is 10.2. The number of hydrogen-bond donors (Lipinski definition) is 3. The molecule has 2 atom stereocenters. The van der Waals surface area contributed by atoms with Gasteiger partial charge in [-0.3, -0.25) is 0 Å². The van der Waals surface area contributed by atoms with E-state index in [9.17, 15) is 9.59 Å². The van der Waals surface area contributed by atoms with E-state index in [0.717, 1.165) is 0 Å². The smallest absolute Gasteiger partial charge is 0.326 e. The second-order valence-electron chi connectivity index (χ2n) is 3.59. The molecule has 0 aliphatic heterocycles. The number of urea groups is 1. The number of nitrogens with one attached hydrogen (secondary N) is 2. The molecule has 3 N–H and O–H groups in total. The third kappa shape index (κ3) is 6.57. The molecular weight excluding hydrogens is 224 g/mol. The van der Waals surface area contributed by atoms with Crippen molar-refractivity contribution in [2.75, 3.05) is 13.7 Å². The summed E-state index contributed by atoms with van der Waals surface area (Å²) in [7, 11) is 1.54. The highest BCUT2D eigenvalue weighted by Gasteiger charge is 2.19. The first-order valence-electron chi connectivity index (χ1n) is 5.44. The van der Waals surface area contributed by atoms with Crippen LogP contribution in [0.5, 0.6) is 0 Å². The molecule has 0 radical (unpaired) electrons. The predicted octanol–water partition coefficient (Wildman–Crippen LogP) is 0.740. The van der Waals surface area contributed by atoms with Crippen molar-refractivity contribution in [1.82, 2.24) is 10.6 Å². The highest BCUT2D eigenvalue weighted by molar-refractivity contribution is 5.82. The number of methoxy groups -OCH3 is 1. The van der Waals surface area contributed by atoms with E-state index in [1.54, 1.807) is 7.11 Å². The van der Waals surface area contributed by atoms with E-state index in [2.05, 4.69) is 17.2 Å². The van der Waals surface area contributed by atoms with Crippen LogP contribution in [0, 0.1) is 0 Å². The summed E-state index contributed by atoms with van der Waals surface area (Å²) in [5.74, 6) is -1.08. The van der Waals surface area contributed by atoms with Crippen molar-refractivity contribution in [3.05, 3.63) is 12.7 Å². The number of hydrogen-bond acceptors (Lipinski definition) is 3. The molecule has 0 saturated carbocycles. The third-order valence-electron chi connectivity index (χ3n) is 2.20. The molecule has 0 aromatic heterocycles. The van der Waals surface area contributed by atoms with E-state index in [4.69, 9.17) is 9.84 Å². The Hall–Kier alpha value is -1.56. The molecule has 0 fully saturated rings. The molecule has 6 nitrogen and oxygen atoms in total. The molecule has 0 rings (SSSR count). The van der Waals surface area contributed by atoms with Crippen molar-refractivity contribution >= 4 is 12.0 Å². The Labute approximate surface area is 101 Å². The van der Waals surface area contributed by atoms with Crippen molar-refractivity contribution in [2.45, 2.75) is 31.8 Å². The number of aliphatic carboxylic acids is 1. The molecule has 0 aliphatic rings. The minimum atomic E-state index is -1.08. The fourth-order valence-corrected chi connectivity index (χ4v) is 1.24. The number of carboxylic acid groups (broad SMARTS) is 1. The van der Waals surface area contributed by atoms with E-state index in [1.165, 1.54) is 6.08 Å². The molecule has 0 spiro atoms. The summed E-state index contributed by atoms with van der Waals surface area (Å²) in [6, 6.07) is -1.59. The standard InChI is InChI=1S/C11H20N2O4/c1-4-6-9(10(14)15)13-11(16)12-8(5-2)7-17-3/h4,8-9H,1,5-7H2,2-3H3,(H,14,15)(H2,12,13,16). The molecular formula is C11H20N2O4. The van der Waals surface area contributed by atoms with E-state index in [1.807, 2.05) is 6.92 Å². The summed E-state index contributed by atoms with van der Waals surface area (Å²) in [6.45, 7) is 5.74. The number of carboxylic acids is 1. The molecule has 0 saturated heterocycles. The zero-order chi connectivity index (χ0) is 13.3. The fraction of sp³-hybridized carbons (Fsp3) is 0.636. The van der Waals surface area contributed by atoms with Crippen LogP contribution in [0.15, 0.2) is 12.7 Å². The minimum Gasteiger partial charge on any atom is -0.480 e. The van der Waals surface area contributed by atoms with Gasteiger partial charge in [-0.1, -0.05) is 13.0 Å². The average Bonchev–Trinajstić information content (AvgIpc) is 2.27. The number of ether oxygens (including phenoxy) is 1. The molecule has 0 aromatic carbocycles. The van der Waals surface area contributed by atoms with Gasteiger partial charge in [0.25, 0.3) is 0 Å². The Bertz CT molecular complexity index is 268. The topological polar surface area (TPSA) is 87.7 Å². The van der Waals surface area contributed by atoms with Crippen molar-refractivity contribution in [3.63, 3.8) is 0 Å². The van der Waals surface area contributed by atoms with Crippen LogP contribution >= 0.6 is 0 Å². The van der Waals surface area contributed by atoms with Gasteiger partial charge in [0.15, 0.2) is 0 Å². The van der Waals surface area contributed by atoms with Gasteiger partial charge in [0.1, 0.15) is 6.04 Å². The molecule has 0 bridgehead atoms. The Kier molecular flexibility index (Phi) is 7.79. The monoisotopic (exact) mass is 244 g/mol. The molecule has 17 heavy (non-hydrogen) atoms. The lowest BCUT2D eigenvalue weighted by molar-refractivity contribution is -0.139. The first-order chi connectivity index (χ1) is 8.04. The van der Waals surface area contributed by atoms with Crippen molar-refractivity contribution in [2.24, 2.45) is 0 Å². The molecule has 0 aromatic rings. The van der Waals surface area contributed by atoms with Gasteiger partial charge in [-0.25, -0.2) is 9.59 Å². The Balaban J connectivity index is 4.21. The average molecular weight is 244 g/mol. The zero-order valence-corrected chi connectivity index (χ0v) is 10.2. The van der Waals surface area contributed by atoms with Crippen LogP contribution in [0.2, 0.25) is 0 Å². The number of carbonyl (C=O) groups excluding carboxylic acids is 1. The summed E-state index contributed by atoms with van der Waals surface area (Å²) in [5, 5.41) is 13.8. The molecule has 2 unspecified atom stereocenters. The highest BCUT2D eigenvalue weighted by Crippen LogP contribution is 1.95. The van der Waals surface area contributed by atoms with Crippen LogP contribution in [0.4, 0.5) is 4.79 Å². The lowest BCUT2D eigenvalue weighted by Crippen LogP contribution is -2.49. The van der Waals surface area contributed by atoms with Gasteiger partial charge in [-0.15, -0.1) is 6.58 Å². The lowest BCUT2D eigenvalue weighted by Gasteiger charge is -2.18. The first-order valence-corrected chi connectivity index (χ1v) is 5.44. The van der Waals surface area contributed by atoms with Crippen LogP contribution < -0.4 is 10.6 Å². The second-order valence-corrected chi connectivity index (χ2v) is 3.59. The van der Waals surface area contributed by atoms with Gasteiger partial charge in [0, 0.05) is 7.11 Å². The van der Waals surface area contributed by atoms with E-state index in [0.29, 0.717) is 13.0 Å². The molecule has 2 amide bonds. The van der Waals surface area contributed by atoms with Crippen LogP contribution in [0.1, 0.15) is 19.8 Å². The second kappa shape index (κ2) is 8.58. The Morgan fingerprint density at radius 3 is 2.53 bits per heavy atom. The minimum absolute atomic E-state index is 0.127. The summed E-state index contributed by atoms with van der Waals surface area (Å²) < 4.78 is 4.92. The van der Waals surface area contributed by atoms with Crippen molar-refractivity contribution in [1.29, 1.82) is 0 Å². The maximum Gasteiger partial charge on any atom is 0.326 e. The van der Waals surface area contributed by atoms with Crippen molar-refractivity contribution < 1.29 is 19.4 Å². The van der Waals surface area contributed by atoms with E-state index >= 15 is 0 Å². The maximum atomic E-state index is 11.5. The number of amides is 2. The largest absolute Gasteiger partial charge is 0.480 e. The fourth-order valence-electron chi connectivity index (χ4n) is 1.24. The van der Waals surface area contributed by atoms with Crippen LogP contribution in [0.3, 0.4) is 0 Å². The molecule has 0 aliphatic carbocycles. The van der Waals surface area contributed by atoms with Gasteiger partial charge in [-0.05, 0) is 12.8 Å². The summed E-state index contributed by atoms with van der Waals surface area (Å²) in [6.07, 6.45) is 2.34. The number of rotatable bonds is 8. The molecule has 6 heteroatoms. The summed E-state index contributed by atoms with van der Waals surface area (Å²) in [4.78, 5) is 22.3. The van der Waals surface area contributed by atoms with Gasteiger partial charge in [-0.2, -0.15) is 0 Å². The predicted molar refractivity (Wildman–Crippen MR) is 63.9 cm³/mol.